The van der Waals surface area contributed by atoms with E-state index in [0.717, 1.165) is 0 Å². The summed E-state index contributed by atoms with van der Waals surface area (Å²) in [6, 6.07) is -0.867. The van der Waals surface area contributed by atoms with Gasteiger partial charge in [0.15, 0.2) is 5.54 Å². The largest absolute Gasteiger partial charge is 0.351 e. The molecule has 0 saturated heterocycles. The topological polar surface area (TPSA) is 96.9 Å². The number of carbonyl (C=O) groups excluding carboxylic acids is 2. The smallest absolute Gasteiger partial charge is 0.318 e. The van der Waals surface area contributed by atoms with Crippen molar-refractivity contribution in [3.05, 3.63) is 0 Å². The van der Waals surface area contributed by atoms with Crippen LogP contribution in [0.15, 0.2) is 9.63 Å². The van der Waals surface area contributed by atoms with Crippen molar-refractivity contribution in [3.63, 3.8) is 0 Å². The Bertz CT molecular complexity index is 254. The summed E-state index contributed by atoms with van der Waals surface area (Å²) in [5.41, 5.74) is 3.83. The Morgan fingerprint density at radius 2 is 2.33 bits per heavy atom. The molecular formula is C5H8N4O2S. The third kappa shape index (κ3) is 1.73. The normalized spacial score (nSPS) is 27.1. The van der Waals surface area contributed by atoms with Gasteiger partial charge >= 0.3 is 6.03 Å². The van der Waals surface area contributed by atoms with Crippen LogP contribution in [0.3, 0.4) is 0 Å². The van der Waals surface area contributed by atoms with Gasteiger partial charge in [-0.2, -0.15) is 5.11 Å². The molecule has 1 aliphatic heterocycles. The Morgan fingerprint density at radius 1 is 1.67 bits per heavy atom. The van der Waals surface area contributed by atoms with Gasteiger partial charge in [-0.3, -0.25) is 10.1 Å². The van der Waals surface area contributed by atoms with E-state index in [1.54, 1.807) is 6.92 Å². The summed E-state index contributed by atoms with van der Waals surface area (Å²) in [7, 11) is 0. The Labute approximate surface area is 73.1 Å². The molecule has 0 aromatic heterocycles. The maximum absolute atomic E-state index is 11.2. The molecule has 0 radical (unpaired) electrons. The lowest BCUT2D eigenvalue weighted by molar-refractivity contribution is -0.123. The molecule has 66 valence electrons. The minimum absolute atomic E-state index is 0.437. The quantitative estimate of drug-likeness (QED) is 0.569. The first-order valence-electron chi connectivity index (χ1n) is 3.20. The summed E-state index contributed by atoms with van der Waals surface area (Å²) in [6.45, 7) is 1.59. The van der Waals surface area contributed by atoms with Crippen LogP contribution in [0.25, 0.3) is 0 Å². The summed E-state index contributed by atoms with van der Waals surface area (Å²) in [6.07, 6.45) is 0. The molecule has 7 heteroatoms. The summed E-state index contributed by atoms with van der Waals surface area (Å²) >= 11 is 1.18. The van der Waals surface area contributed by atoms with Gasteiger partial charge in [-0.15, -0.1) is 4.52 Å². The van der Waals surface area contributed by atoms with Crippen LogP contribution in [0.5, 0.6) is 0 Å². The number of nitrogens with one attached hydrogen (secondary N) is 1. The van der Waals surface area contributed by atoms with Crippen molar-refractivity contribution in [2.75, 3.05) is 5.75 Å². The second-order valence-electron chi connectivity index (χ2n) is 2.55. The molecule has 1 unspecified atom stereocenters. The average molecular weight is 188 g/mol. The Morgan fingerprint density at radius 3 is 2.75 bits per heavy atom. The Balaban J connectivity index is 2.63. The molecule has 3 N–H and O–H groups in total. The molecule has 0 bridgehead atoms. The van der Waals surface area contributed by atoms with Crippen LogP contribution in [0.1, 0.15) is 6.92 Å². The second kappa shape index (κ2) is 3.10. The van der Waals surface area contributed by atoms with Gasteiger partial charge < -0.3 is 5.73 Å². The highest BCUT2D eigenvalue weighted by molar-refractivity contribution is 7.98. The van der Waals surface area contributed by atoms with Crippen LogP contribution in [0, 0.1) is 0 Å². The Hall–Kier alpha value is -1.11. The van der Waals surface area contributed by atoms with Crippen molar-refractivity contribution in [2.45, 2.75) is 12.5 Å². The molecule has 0 saturated carbocycles. The van der Waals surface area contributed by atoms with Crippen molar-refractivity contribution in [2.24, 2.45) is 15.4 Å². The average Bonchev–Trinajstić information content (AvgIpc) is 2.36. The fraction of sp³-hybridized carbons (Fsp3) is 0.600. The summed E-state index contributed by atoms with van der Waals surface area (Å²) in [5, 5.41) is 5.65. The first-order chi connectivity index (χ1) is 5.54. The molecular weight excluding hydrogens is 180 g/mol. The molecule has 0 aliphatic carbocycles. The number of rotatable bonds is 1. The molecule has 0 fully saturated rings. The zero-order valence-electron chi connectivity index (χ0n) is 6.40. The number of nitrogens with two attached hydrogens (primary N) is 1. The highest BCUT2D eigenvalue weighted by Gasteiger charge is 2.37. The monoisotopic (exact) mass is 188 g/mol. The Kier molecular flexibility index (Phi) is 2.32. The maximum Gasteiger partial charge on any atom is 0.318 e. The molecule has 1 heterocycles. The zero-order valence-corrected chi connectivity index (χ0v) is 7.22. The maximum atomic E-state index is 11.2. The zero-order chi connectivity index (χ0) is 9.19. The molecule has 1 atom stereocenters. The SMILES string of the molecule is CC1(C(=O)NC(N)=O)CSN=N1. The van der Waals surface area contributed by atoms with E-state index in [1.165, 1.54) is 11.9 Å². The van der Waals surface area contributed by atoms with Gasteiger partial charge in [0.1, 0.15) is 0 Å². The van der Waals surface area contributed by atoms with E-state index in [-0.39, 0.29) is 0 Å². The van der Waals surface area contributed by atoms with Crippen LogP contribution in [0.4, 0.5) is 4.79 Å². The van der Waals surface area contributed by atoms with E-state index in [2.05, 4.69) is 9.63 Å². The first-order valence-corrected chi connectivity index (χ1v) is 4.14. The van der Waals surface area contributed by atoms with Gasteiger partial charge in [-0.25, -0.2) is 4.79 Å². The number of imide groups is 1. The van der Waals surface area contributed by atoms with Crippen molar-refractivity contribution in [3.8, 4) is 0 Å². The molecule has 12 heavy (non-hydrogen) atoms. The molecule has 0 spiro atoms. The van der Waals surface area contributed by atoms with Crippen molar-refractivity contribution < 1.29 is 9.59 Å². The van der Waals surface area contributed by atoms with Crippen molar-refractivity contribution >= 4 is 23.9 Å². The van der Waals surface area contributed by atoms with Crippen LogP contribution in [-0.2, 0) is 4.79 Å². The van der Waals surface area contributed by atoms with Crippen LogP contribution >= 0.6 is 11.9 Å². The van der Waals surface area contributed by atoms with Crippen LogP contribution in [-0.4, -0.2) is 23.2 Å². The van der Waals surface area contributed by atoms with Gasteiger partial charge in [0.25, 0.3) is 5.91 Å². The number of carbonyl (C=O) groups is 2. The predicted octanol–water partition coefficient (Wildman–Crippen LogP) is 0.0540. The summed E-state index contributed by atoms with van der Waals surface area (Å²) in [5.74, 6) is -0.0738. The van der Waals surface area contributed by atoms with E-state index in [1.807, 2.05) is 5.32 Å². The van der Waals surface area contributed by atoms with Crippen molar-refractivity contribution in [1.82, 2.24) is 5.32 Å². The minimum atomic E-state index is -0.945. The number of amides is 3. The van der Waals surface area contributed by atoms with Gasteiger partial charge in [-0.05, 0) is 6.92 Å². The third-order valence-corrected chi connectivity index (χ3v) is 2.28. The van der Waals surface area contributed by atoms with E-state index in [0.29, 0.717) is 5.75 Å². The lowest BCUT2D eigenvalue weighted by Crippen LogP contribution is -2.47. The highest BCUT2D eigenvalue weighted by Crippen LogP contribution is 2.27. The first kappa shape index (κ1) is 8.98. The molecule has 0 aromatic rings. The van der Waals surface area contributed by atoms with E-state index < -0.39 is 17.5 Å². The standard InChI is InChI=1S/C5H8N4O2S/c1-5(2-12-9-8-5)3(10)7-4(6)11/h2H2,1H3,(H3,6,7,10,11). The lowest BCUT2D eigenvalue weighted by Gasteiger charge is -2.14. The molecule has 3 amide bonds. The van der Waals surface area contributed by atoms with E-state index in [4.69, 9.17) is 5.73 Å². The third-order valence-electron chi connectivity index (χ3n) is 1.39. The fourth-order valence-electron chi connectivity index (χ4n) is 0.660. The number of hydrogen-bond acceptors (Lipinski definition) is 5. The lowest BCUT2D eigenvalue weighted by atomic mass is 10.1. The number of hydrogen-bond donors (Lipinski definition) is 2. The van der Waals surface area contributed by atoms with Gasteiger partial charge in [0.05, 0.1) is 5.75 Å². The van der Waals surface area contributed by atoms with Crippen molar-refractivity contribution in [1.29, 1.82) is 0 Å². The molecule has 1 rings (SSSR count). The molecule has 1 aliphatic rings. The van der Waals surface area contributed by atoms with Gasteiger partial charge in [-0.1, -0.05) is 0 Å². The second-order valence-corrected chi connectivity index (χ2v) is 3.26. The number of primary amides is 1. The van der Waals surface area contributed by atoms with Gasteiger partial charge in [0, 0.05) is 11.9 Å². The van der Waals surface area contributed by atoms with Crippen LogP contribution < -0.4 is 11.1 Å². The minimum Gasteiger partial charge on any atom is -0.351 e. The fourth-order valence-corrected chi connectivity index (χ4v) is 1.40. The molecule has 6 nitrogen and oxygen atoms in total. The summed E-state index contributed by atoms with van der Waals surface area (Å²) in [4.78, 5) is 21.5. The number of urea groups is 1. The highest BCUT2D eigenvalue weighted by atomic mass is 32.2. The van der Waals surface area contributed by atoms with Gasteiger partial charge in [0.2, 0.25) is 0 Å². The number of nitrogens with zero attached hydrogens (tertiary/aromatic N) is 2. The van der Waals surface area contributed by atoms with Crippen LogP contribution in [0.2, 0.25) is 0 Å². The summed E-state index contributed by atoms with van der Waals surface area (Å²) < 4.78 is 3.59. The van der Waals surface area contributed by atoms with E-state index in [9.17, 15) is 9.59 Å². The predicted molar refractivity (Wildman–Crippen MR) is 43.4 cm³/mol. The van der Waals surface area contributed by atoms with E-state index >= 15 is 0 Å². The molecule has 0 aromatic carbocycles.